The number of benzene rings is 2. The van der Waals surface area contributed by atoms with Crippen LogP contribution in [-0.4, -0.2) is 37.5 Å². The van der Waals surface area contributed by atoms with Gasteiger partial charge in [0, 0.05) is 29.1 Å². The van der Waals surface area contributed by atoms with E-state index in [1.54, 1.807) is 6.07 Å². The van der Waals surface area contributed by atoms with Crippen LogP contribution in [0, 0.1) is 0 Å². The molecule has 0 saturated carbocycles. The lowest BCUT2D eigenvalue weighted by Crippen LogP contribution is -2.49. The molecule has 2 aromatic carbocycles. The predicted molar refractivity (Wildman–Crippen MR) is 102 cm³/mol. The summed E-state index contributed by atoms with van der Waals surface area (Å²) in [6.45, 7) is 0.388. The Balaban J connectivity index is 1.61. The van der Waals surface area contributed by atoms with Crippen molar-refractivity contribution in [1.82, 2.24) is 4.31 Å². The molecule has 1 atom stereocenters. The van der Waals surface area contributed by atoms with Gasteiger partial charge in [-0.15, -0.1) is 0 Å². The molecular formula is C19H20N2O4S. The zero-order chi connectivity index (χ0) is 18.3. The summed E-state index contributed by atoms with van der Waals surface area (Å²) >= 11 is 0. The topological polar surface area (TPSA) is 79.6 Å². The third kappa shape index (κ3) is 3.08. The molecule has 4 rings (SSSR count). The van der Waals surface area contributed by atoms with Gasteiger partial charge in [-0.3, -0.25) is 4.79 Å². The second kappa shape index (κ2) is 6.41. The maximum absolute atomic E-state index is 12.7. The SMILES string of the molecule is CS(=O)(=O)N1CCCCC1C(=O)Nc1ccc2c(c1)oc1ccccc12. The Morgan fingerprint density at radius 2 is 1.88 bits per heavy atom. The first-order valence-corrected chi connectivity index (χ1v) is 10.5. The van der Waals surface area contributed by atoms with E-state index in [-0.39, 0.29) is 5.91 Å². The standard InChI is InChI=1S/C19H20N2O4S/c1-26(23,24)21-11-5-4-7-16(21)19(22)20-13-9-10-15-14-6-2-3-8-17(14)25-18(15)12-13/h2-3,6,8-10,12,16H,4-5,7,11H2,1H3,(H,20,22). The van der Waals surface area contributed by atoms with Crippen molar-refractivity contribution in [3.05, 3.63) is 42.5 Å². The molecule has 3 aromatic rings. The van der Waals surface area contributed by atoms with Crippen molar-refractivity contribution < 1.29 is 17.6 Å². The summed E-state index contributed by atoms with van der Waals surface area (Å²) in [4.78, 5) is 12.7. The highest BCUT2D eigenvalue weighted by Gasteiger charge is 2.34. The molecule has 1 N–H and O–H groups in total. The molecule has 7 heteroatoms. The molecule has 1 unspecified atom stereocenters. The van der Waals surface area contributed by atoms with Crippen LogP contribution in [0.1, 0.15) is 19.3 Å². The van der Waals surface area contributed by atoms with Crippen molar-refractivity contribution in [2.24, 2.45) is 0 Å². The summed E-state index contributed by atoms with van der Waals surface area (Å²) in [7, 11) is -3.41. The molecule has 136 valence electrons. The number of fused-ring (bicyclic) bond motifs is 3. The molecule has 1 saturated heterocycles. The van der Waals surface area contributed by atoms with E-state index in [1.165, 1.54) is 4.31 Å². The first-order valence-electron chi connectivity index (χ1n) is 8.62. The van der Waals surface area contributed by atoms with Gasteiger partial charge >= 0.3 is 0 Å². The van der Waals surface area contributed by atoms with Crippen LogP contribution in [0.4, 0.5) is 5.69 Å². The summed E-state index contributed by atoms with van der Waals surface area (Å²) in [6.07, 6.45) is 3.30. The molecule has 0 spiro atoms. The number of anilines is 1. The number of hydrogen-bond donors (Lipinski definition) is 1. The van der Waals surface area contributed by atoms with Crippen LogP contribution in [0.2, 0.25) is 0 Å². The number of nitrogens with one attached hydrogen (secondary N) is 1. The van der Waals surface area contributed by atoms with E-state index in [4.69, 9.17) is 4.42 Å². The average molecular weight is 372 g/mol. The zero-order valence-electron chi connectivity index (χ0n) is 14.4. The van der Waals surface area contributed by atoms with Gasteiger partial charge in [0.2, 0.25) is 15.9 Å². The van der Waals surface area contributed by atoms with Gasteiger partial charge in [-0.2, -0.15) is 4.31 Å². The van der Waals surface area contributed by atoms with Crippen molar-refractivity contribution in [1.29, 1.82) is 0 Å². The van der Waals surface area contributed by atoms with E-state index < -0.39 is 16.1 Å². The minimum Gasteiger partial charge on any atom is -0.456 e. The fourth-order valence-corrected chi connectivity index (χ4v) is 4.72. The highest BCUT2D eigenvalue weighted by Crippen LogP contribution is 2.30. The van der Waals surface area contributed by atoms with Crippen LogP contribution >= 0.6 is 0 Å². The van der Waals surface area contributed by atoms with Crippen molar-refractivity contribution in [3.63, 3.8) is 0 Å². The summed E-state index contributed by atoms with van der Waals surface area (Å²) in [5.74, 6) is -0.300. The molecule has 6 nitrogen and oxygen atoms in total. The Labute approximate surface area is 151 Å². The molecule has 1 aliphatic rings. The van der Waals surface area contributed by atoms with E-state index in [0.29, 0.717) is 24.2 Å². The van der Waals surface area contributed by atoms with Crippen LogP contribution in [0.25, 0.3) is 21.9 Å². The minimum atomic E-state index is -3.41. The smallest absolute Gasteiger partial charge is 0.242 e. The maximum atomic E-state index is 12.7. The van der Waals surface area contributed by atoms with Crippen molar-refractivity contribution in [2.45, 2.75) is 25.3 Å². The van der Waals surface area contributed by atoms with Gasteiger partial charge in [0.05, 0.1) is 6.26 Å². The Kier molecular flexibility index (Phi) is 4.20. The molecule has 1 fully saturated rings. The van der Waals surface area contributed by atoms with Crippen LogP contribution in [0.5, 0.6) is 0 Å². The average Bonchev–Trinajstić information content (AvgIpc) is 2.98. The van der Waals surface area contributed by atoms with Gasteiger partial charge < -0.3 is 9.73 Å². The Morgan fingerprint density at radius 3 is 2.69 bits per heavy atom. The van der Waals surface area contributed by atoms with Gasteiger partial charge in [-0.1, -0.05) is 24.6 Å². The maximum Gasteiger partial charge on any atom is 0.242 e. The van der Waals surface area contributed by atoms with E-state index >= 15 is 0 Å². The summed E-state index contributed by atoms with van der Waals surface area (Å²) in [6, 6.07) is 12.6. The summed E-state index contributed by atoms with van der Waals surface area (Å²) < 4.78 is 31.1. The Bertz CT molecular complexity index is 1090. The summed E-state index contributed by atoms with van der Waals surface area (Å²) in [5.41, 5.74) is 2.08. The number of furan rings is 1. The van der Waals surface area contributed by atoms with Crippen LogP contribution in [0.15, 0.2) is 46.9 Å². The number of sulfonamides is 1. The lowest BCUT2D eigenvalue weighted by molar-refractivity contribution is -0.120. The molecule has 1 aliphatic heterocycles. The van der Waals surface area contributed by atoms with Gasteiger partial charge in [-0.05, 0) is 31.0 Å². The van der Waals surface area contributed by atoms with E-state index in [2.05, 4.69) is 5.32 Å². The predicted octanol–water partition coefficient (Wildman–Crippen LogP) is 3.34. The number of carbonyl (C=O) groups excluding carboxylic acids is 1. The largest absolute Gasteiger partial charge is 0.456 e. The third-order valence-corrected chi connectivity index (χ3v) is 6.12. The monoisotopic (exact) mass is 372 g/mol. The number of hydrogen-bond acceptors (Lipinski definition) is 4. The summed E-state index contributed by atoms with van der Waals surface area (Å²) in [5, 5.41) is 4.85. The van der Waals surface area contributed by atoms with Gasteiger partial charge in [-0.25, -0.2) is 8.42 Å². The Morgan fingerprint density at radius 1 is 1.12 bits per heavy atom. The van der Waals surface area contributed by atoms with E-state index in [0.717, 1.165) is 35.5 Å². The van der Waals surface area contributed by atoms with Crippen LogP contribution < -0.4 is 5.32 Å². The minimum absolute atomic E-state index is 0.300. The second-order valence-electron chi connectivity index (χ2n) is 6.68. The molecule has 0 radical (unpaired) electrons. The number of para-hydroxylation sites is 1. The Hall–Kier alpha value is -2.38. The van der Waals surface area contributed by atoms with Crippen LogP contribution in [0.3, 0.4) is 0 Å². The number of piperidine rings is 1. The zero-order valence-corrected chi connectivity index (χ0v) is 15.3. The molecule has 1 aromatic heterocycles. The molecule has 0 bridgehead atoms. The van der Waals surface area contributed by atoms with E-state index in [1.807, 2.05) is 36.4 Å². The highest BCUT2D eigenvalue weighted by atomic mass is 32.2. The van der Waals surface area contributed by atoms with Gasteiger partial charge in [0.1, 0.15) is 17.2 Å². The normalized spacial score (nSPS) is 19.0. The molecule has 0 aliphatic carbocycles. The number of carbonyl (C=O) groups is 1. The first-order chi connectivity index (χ1) is 12.4. The van der Waals surface area contributed by atoms with Gasteiger partial charge in [0.15, 0.2) is 0 Å². The number of rotatable bonds is 3. The lowest BCUT2D eigenvalue weighted by atomic mass is 10.0. The van der Waals surface area contributed by atoms with Crippen molar-refractivity contribution >= 4 is 43.6 Å². The first kappa shape index (κ1) is 17.1. The lowest BCUT2D eigenvalue weighted by Gasteiger charge is -2.32. The fraction of sp³-hybridized carbons (Fsp3) is 0.316. The van der Waals surface area contributed by atoms with Crippen molar-refractivity contribution in [3.8, 4) is 0 Å². The van der Waals surface area contributed by atoms with E-state index in [9.17, 15) is 13.2 Å². The fourth-order valence-electron chi connectivity index (χ4n) is 3.59. The van der Waals surface area contributed by atoms with Crippen LogP contribution in [-0.2, 0) is 14.8 Å². The number of amides is 1. The second-order valence-corrected chi connectivity index (χ2v) is 8.62. The third-order valence-electron chi connectivity index (χ3n) is 4.83. The quantitative estimate of drug-likeness (QED) is 0.765. The molecule has 1 amide bonds. The van der Waals surface area contributed by atoms with Gasteiger partial charge in [0.25, 0.3) is 0 Å². The number of nitrogens with zero attached hydrogens (tertiary/aromatic N) is 1. The molecule has 26 heavy (non-hydrogen) atoms. The molecular weight excluding hydrogens is 352 g/mol. The molecule has 2 heterocycles. The van der Waals surface area contributed by atoms with Crippen molar-refractivity contribution in [2.75, 3.05) is 18.1 Å². The highest BCUT2D eigenvalue weighted by molar-refractivity contribution is 7.88.